The zero-order valence-corrected chi connectivity index (χ0v) is 18.2. The molecule has 2 aromatic carbocycles. The molecule has 0 aliphatic rings. The summed E-state index contributed by atoms with van der Waals surface area (Å²) >= 11 is 3.37. The largest absolute Gasteiger partial charge is 0.493 e. The molecule has 3 aromatic rings. The lowest BCUT2D eigenvalue weighted by Crippen LogP contribution is -2.19. The van der Waals surface area contributed by atoms with Crippen LogP contribution < -0.4 is 14.9 Å². The molecule has 0 spiro atoms. The van der Waals surface area contributed by atoms with E-state index in [1.807, 2.05) is 24.3 Å². The monoisotopic (exact) mass is 487 g/mol. The van der Waals surface area contributed by atoms with E-state index in [9.17, 15) is 14.9 Å². The van der Waals surface area contributed by atoms with Crippen molar-refractivity contribution in [3.63, 3.8) is 0 Å². The Balaban J connectivity index is 1.75. The summed E-state index contributed by atoms with van der Waals surface area (Å²) in [4.78, 5) is 23.2. The van der Waals surface area contributed by atoms with Crippen molar-refractivity contribution >= 4 is 33.7 Å². The molecule has 0 aliphatic heterocycles. The van der Waals surface area contributed by atoms with Gasteiger partial charge in [0.25, 0.3) is 5.91 Å². The molecule has 31 heavy (non-hydrogen) atoms. The minimum absolute atomic E-state index is 0.266. The fourth-order valence-electron chi connectivity index (χ4n) is 2.76. The number of aromatic nitrogens is 2. The van der Waals surface area contributed by atoms with Gasteiger partial charge in [0.1, 0.15) is 6.20 Å². The van der Waals surface area contributed by atoms with Gasteiger partial charge in [0, 0.05) is 4.47 Å². The third-order valence-electron chi connectivity index (χ3n) is 4.18. The number of carbonyl (C=O) groups is 1. The van der Waals surface area contributed by atoms with E-state index in [-0.39, 0.29) is 12.2 Å². The van der Waals surface area contributed by atoms with Crippen molar-refractivity contribution < 1.29 is 19.2 Å². The molecule has 0 aliphatic carbocycles. The Hall–Kier alpha value is -3.73. The second-order valence-electron chi connectivity index (χ2n) is 6.26. The molecule has 0 radical (unpaired) electrons. The van der Waals surface area contributed by atoms with Gasteiger partial charge in [-0.05, 0) is 41.5 Å². The smallest absolute Gasteiger partial charge is 0.320 e. The molecular weight excluding hydrogens is 470 g/mol. The van der Waals surface area contributed by atoms with Gasteiger partial charge in [0.05, 0.1) is 31.9 Å². The van der Waals surface area contributed by atoms with Crippen LogP contribution >= 0.6 is 15.9 Å². The second kappa shape index (κ2) is 9.85. The molecule has 11 heteroatoms. The molecule has 0 fully saturated rings. The van der Waals surface area contributed by atoms with Crippen LogP contribution in [0, 0.1) is 10.1 Å². The van der Waals surface area contributed by atoms with E-state index in [0.717, 1.165) is 10.0 Å². The summed E-state index contributed by atoms with van der Waals surface area (Å²) in [7, 11) is 3.03. The van der Waals surface area contributed by atoms with Crippen LogP contribution in [0.15, 0.2) is 58.2 Å². The summed E-state index contributed by atoms with van der Waals surface area (Å²) in [5.41, 5.74) is 3.03. The Kier molecular flexibility index (Phi) is 6.98. The Labute approximate surface area is 185 Å². The lowest BCUT2D eigenvalue weighted by atomic mass is 10.2. The van der Waals surface area contributed by atoms with Crippen LogP contribution in [0.2, 0.25) is 0 Å². The first-order valence-corrected chi connectivity index (χ1v) is 9.72. The van der Waals surface area contributed by atoms with Crippen molar-refractivity contribution in [1.29, 1.82) is 0 Å². The van der Waals surface area contributed by atoms with Gasteiger partial charge in [-0.25, -0.2) is 5.43 Å². The van der Waals surface area contributed by atoms with Crippen molar-refractivity contribution in [3.8, 4) is 11.5 Å². The fraction of sp³-hybridized carbons (Fsp3) is 0.150. The van der Waals surface area contributed by atoms with Gasteiger partial charge >= 0.3 is 5.69 Å². The van der Waals surface area contributed by atoms with Crippen LogP contribution in [-0.4, -0.2) is 41.0 Å². The minimum atomic E-state index is -0.795. The number of hydrazone groups is 1. The number of nitro groups is 1. The van der Waals surface area contributed by atoms with Gasteiger partial charge in [0.15, 0.2) is 11.5 Å². The summed E-state index contributed by atoms with van der Waals surface area (Å²) < 4.78 is 12.6. The fourth-order valence-corrected chi connectivity index (χ4v) is 3.21. The van der Waals surface area contributed by atoms with Gasteiger partial charge in [-0.2, -0.15) is 10.2 Å². The Bertz CT molecular complexity index is 1140. The van der Waals surface area contributed by atoms with Crippen LogP contribution in [0.1, 0.15) is 21.6 Å². The first kappa shape index (κ1) is 22.0. The predicted octanol–water partition coefficient (Wildman–Crippen LogP) is 3.38. The maximum absolute atomic E-state index is 12.4. The van der Waals surface area contributed by atoms with E-state index in [4.69, 9.17) is 9.47 Å². The van der Waals surface area contributed by atoms with Crippen LogP contribution in [0.25, 0.3) is 0 Å². The molecular formula is C20H18BrN5O5. The SMILES string of the molecule is COc1ccc(/C=N/NC(=O)c2nn(Cc3cccc(Br)c3)cc2[N+](=O)[O-])cc1OC. The molecule has 1 N–H and O–H groups in total. The zero-order valence-electron chi connectivity index (χ0n) is 16.6. The normalized spacial score (nSPS) is 10.8. The van der Waals surface area contributed by atoms with Gasteiger partial charge in [-0.3, -0.25) is 19.6 Å². The standard InChI is InChI=1S/C20H18BrN5O5/c1-30-17-7-6-13(9-18(17)31-2)10-22-23-20(27)19-16(26(28)29)12-25(24-19)11-14-4-3-5-15(21)8-14/h3-10,12H,11H2,1-2H3,(H,23,27)/b22-10+. The number of amides is 1. The maximum atomic E-state index is 12.4. The van der Waals surface area contributed by atoms with Crippen molar-refractivity contribution in [2.45, 2.75) is 6.54 Å². The van der Waals surface area contributed by atoms with Crippen LogP contribution in [0.4, 0.5) is 5.69 Å². The van der Waals surface area contributed by atoms with Crippen LogP contribution in [0.3, 0.4) is 0 Å². The lowest BCUT2D eigenvalue weighted by molar-refractivity contribution is -0.385. The first-order valence-electron chi connectivity index (χ1n) is 8.93. The zero-order chi connectivity index (χ0) is 22.4. The number of hydrogen-bond acceptors (Lipinski definition) is 7. The highest BCUT2D eigenvalue weighted by molar-refractivity contribution is 9.10. The quantitative estimate of drug-likeness (QED) is 0.295. The Morgan fingerprint density at radius 3 is 2.71 bits per heavy atom. The number of rotatable bonds is 8. The molecule has 1 heterocycles. The highest BCUT2D eigenvalue weighted by atomic mass is 79.9. The van der Waals surface area contributed by atoms with Crippen molar-refractivity contribution in [1.82, 2.24) is 15.2 Å². The van der Waals surface area contributed by atoms with Crippen molar-refractivity contribution in [2.24, 2.45) is 5.10 Å². The van der Waals surface area contributed by atoms with Gasteiger partial charge in [-0.15, -0.1) is 0 Å². The summed E-state index contributed by atoms with van der Waals surface area (Å²) in [5, 5.41) is 19.3. The van der Waals surface area contributed by atoms with E-state index in [2.05, 4.69) is 31.6 Å². The number of ether oxygens (including phenoxy) is 2. The summed E-state index contributed by atoms with van der Waals surface area (Å²) in [6.07, 6.45) is 2.60. The number of nitrogens with zero attached hydrogens (tertiary/aromatic N) is 4. The number of nitrogens with one attached hydrogen (secondary N) is 1. The summed E-state index contributed by atoms with van der Waals surface area (Å²) in [6, 6.07) is 12.5. The topological polar surface area (TPSA) is 121 Å². The van der Waals surface area contributed by atoms with Crippen molar-refractivity contribution in [3.05, 3.63) is 80.1 Å². The van der Waals surface area contributed by atoms with Gasteiger partial charge in [-0.1, -0.05) is 28.1 Å². The molecule has 0 atom stereocenters. The maximum Gasteiger partial charge on any atom is 0.320 e. The highest BCUT2D eigenvalue weighted by Gasteiger charge is 2.25. The third kappa shape index (κ3) is 5.45. The molecule has 1 amide bonds. The van der Waals surface area contributed by atoms with E-state index < -0.39 is 16.5 Å². The molecule has 160 valence electrons. The number of benzene rings is 2. The number of halogens is 1. The van der Waals surface area contributed by atoms with Crippen molar-refractivity contribution in [2.75, 3.05) is 14.2 Å². The van der Waals surface area contributed by atoms with E-state index in [0.29, 0.717) is 17.1 Å². The average molecular weight is 488 g/mol. The lowest BCUT2D eigenvalue weighted by Gasteiger charge is -2.07. The number of hydrogen-bond donors (Lipinski definition) is 1. The van der Waals surface area contributed by atoms with E-state index >= 15 is 0 Å². The van der Waals surface area contributed by atoms with Crippen LogP contribution in [-0.2, 0) is 6.54 Å². The number of methoxy groups -OCH3 is 2. The molecule has 1 aromatic heterocycles. The highest BCUT2D eigenvalue weighted by Crippen LogP contribution is 2.26. The van der Waals surface area contributed by atoms with Crippen LogP contribution in [0.5, 0.6) is 11.5 Å². The molecule has 3 rings (SSSR count). The third-order valence-corrected chi connectivity index (χ3v) is 4.67. The molecule has 10 nitrogen and oxygen atoms in total. The average Bonchev–Trinajstić information content (AvgIpc) is 3.17. The van der Waals surface area contributed by atoms with E-state index in [1.165, 1.54) is 31.3 Å². The summed E-state index contributed by atoms with van der Waals surface area (Å²) in [6.45, 7) is 0.266. The summed E-state index contributed by atoms with van der Waals surface area (Å²) in [5.74, 6) is 0.256. The second-order valence-corrected chi connectivity index (χ2v) is 7.18. The minimum Gasteiger partial charge on any atom is -0.493 e. The van der Waals surface area contributed by atoms with Gasteiger partial charge < -0.3 is 9.47 Å². The first-order chi connectivity index (χ1) is 14.9. The molecule has 0 unspecified atom stereocenters. The number of carbonyl (C=O) groups excluding carboxylic acids is 1. The Morgan fingerprint density at radius 1 is 1.26 bits per heavy atom. The predicted molar refractivity (Wildman–Crippen MR) is 117 cm³/mol. The van der Waals surface area contributed by atoms with Gasteiger partial charge in [0.2, 0.25) is 5.69 Å². The van der Waals surface area contributed by atoms with E-state index in [1.54, 1.807) is 18.2 Å². The Morgan fingerprint density at radius 2 is 2.03 bits per heavy atom. The molecule has 0 saturated carbocycles. The molecule has 0 saturated heterocycles. The molecule has 0 bridgehead atoms.